The molecule has 0 aromatic carbocycles. The first-order valence-electron chi connectivity index (χ1n) is 5.56. The first kappa shape index (κ1) is 12.6. The maximum absolute atomic E-state index is 5.97. The molecule has 2 heterocycles. The van der Waals surface area contributed by atoms with Gasteiger partial charge in [0.2, 0.25) is 0 Å². The molecule has 1 N–H and O–H groups in total. The summed E-state index contributed by atoms with van der Waals surface area (Å²) in [6, 6.07) is 3.95. The van der Waals surface area contributed by atoms with Crippen molar-refractivity contribution in [2.75, 3.05) is 13.6 Å². The maximum atomic E-state index is 5.97. The van der Waals surface area contributed by atoms with Crippen LogP contribution in [0.5, 0.6) is 0 Å². The van der Waals surface area contributed by atoms with E-state index in [9.17, 15) is 0 Å². The Morgan fingerprint density at radius 1 is 1.47 bits per heavy atom. The molecule has 3 nitrogen and oxygen atoms in total. The number of aromatic nitrogens is 2. The van der Waals surface area contributed by atoms with Gasteiger partial charge in [0.05, 0.1) is 9.21 Å². The molecule has 0 saturated carbocycles. The molecule has 0 aliphatic rings. The molecule has 0 spiro atoms. The van der Waals surface area contributed by atoms with Crippen molar-refractivity contribution in [3.63, 3.8) is 0 Å². The van der Waals surface area contributed by atoms with Gasteiger partial charge in [-0.15, -0.1) is 11.3 Å². The number of aryl methyl sites for hydroxylation is 1. The number of nitrogens with one attached hydrogen (secondary N) is 1. The SMILES string of the molecule is CNCCc1c(C)c(-c2ccc(Cl)s2)nn1C. The number of thiophene rings is 1. The third-order valence-electron chi connectivity index (χ3n) is 2.85. The van der Waals surface area contributed by atoms with Gasteiger partial charge in [0.15, 0.2) is 0 Å². The van der Waals surface area contributed by atoms with E-state index in [1.165, 1.54) is 11.3 Å². The number of hydrogen-bond donors (Lipinski definition) is 1. The molecule has 0 radical (unpaired) electrons. The molecular weight excluding hydrogens is 254 g/mol. The Balaban J connectivity index is 2.36. The normalized spacial score (nSPS) is 11.1. The Bertz CT molecular complexity index is 516. The van der Waals surface area contributed by atoms with E-state index in [1.54, 1.807) is 11.3 Å². The van der Waals surface area contributed by atoms with Gasteiger partial charge in [-0.05, 0) is 31.7 Å². The number of halogens is 1. The molecule has 0 amide bonds. The van der Waals surface area contributed by atoms with Crippen LogP contribution in [0.2, 0.25) is 4.34 Å². The molecule has 0 fully saturated rings. The molecule has 2 aromatic heterocycles. The van der Waals surface area contributed by atoms with Crippen molar-refractivity contribution in [3.05, 3.63) is 27.7 Å². The Kier molecular flexibility index (Phi) is 3.86. The second-order valence-electron chi connectivity index (χ2n) is 4.00. The lowest BCUT2D eigenvalue weighted by Gasteiger charge is -2.02. The fraction of sp³-hybridized carbons (Fsp3) is 0.417. The van der Waals surface area contributed by atoms with Crippen LogP contribution < -0.4 is 5.32 Å². The highest BCUT2D eigenvalue weighted by atomic mass is 35.5. The number of hydrogen-bond acceptors (Lipinski definition) is 3. The monoisotopic (exact) mass is 269 g/mol. The van der Waals surface area contributed by atoms with Gasteiger partial charge in [-0.25, -0.2) is 0 Å². The van der Waals surface area contributed by atoms with E-state index in [4.69, 9.17) is 11.6 Å². The Morgan fingerprint density at radius 2 is 2.24 bits per heavy atom. The molecule has 92 valence electrons. The van der Waals surface area contributed by atoms with Crippen LogP contribution in [0.15, 0.2) is 12.1 Å². The zero-order valence-electron chi connectivity index (χ0n) is 10.2. The molecule has 0 bridgehead atoms. The summed E-state index contributed by atoms with van der Waals surface area (Å²) in [6.07, 6.45) is 0.991. The molecule has 2 aromatic rings. The Morgan fingerprint density at radius 3 is 2.82 bits per heavy atom. The largest absolute Gasteiger partial charge is 0.319 e. The zero-order valence-corrected chi connectivity index (χ0v) is 11.8. The van der Waals surface area contributed by atoms with Crippen molar-refractivity contribution < 1.29 is 0 Å². The fourth-order valence-electron chi connectivity index (χ4n) is 1.93. The number of nitrogens with zero attached hydrogens (tertiary/aromatic N) is 2. The van der Waals surface area contributed by atoms with E-state index < -0.39 is 0 Å². The Labute approximate surface area is 110 Å². The first-order valence-corrected chi connectivity index (χ1v) is 6.75. The van der Waals surface area contributed by atoms with Gasteiger partial charge >= 0.3 is 0 Å². The predicted octanol–water partition coefficient (Wildman–Crippen LogP) is 2.87. The summed E-state index contributed by atoms with van der Waals surface area (Å²) in [5, 5.41) is 7.75. The van der Waals surface area contributed by atoms with Crippen LogP contribution in [0.25, 0.3) is 10.6 Å². The maximum Gasteiger partial charge on any atom is 0.105 e. The summed E-state index contributed by atoms with van der Waals surface area (Å²) < 4.78 is 2.78. The molecule has 0 unspecified atom stereocenters. The third kappa shape index (κ3) is 2.54. The minimum atomic E-state index is 0.807. The van der Waals surface area contributed by atoms with E-state index in [1.807, 2.05) is 30.9 Å². The molecule has 0 aliphatic heterocycles. The molecule has 17 heavy (non-hydrogen) atoms. The van der Waals surface area contributed by atoms with Crippen LogP contribution in [0.3, 0.4) is 0 Å². The van der Waals surface area contributed by atoms with Crippen molar-refractivity contribution in [1.82, 2.24) is 15.1 Å². The van der Waals surface area contributed by atoms with E-state index in [0.29, 0.717) is 0 Å². The summed E-state index contributed by atoms with van der Waals surface area (Å²) >= 11 is 7.54. The number of likely N-dealkylation sites (N-methyl/N-ethyl adjacent to an activating group) is 1. The molecular formula is C12H16ClN3S. The average molecular weight is 270 g/mol. The fourth-order valence-corrected chi connectivity index (χ4v) is 3.02. The van der Waals surface area contributed by atoms with Gasteiger partial charge < -0.3 is 5.32 Å². The average Bonchev–Trinajstić information content (AvgIpc) is 2.82. The highest BCUT2D eigenvalue weighted by molar-refractivity contribution is 7.19. The summed E-state index contributed by atoms with van der Waals surface area (Å²) in [4.78, 5) is 1.14. The van der Waals surface area contributed by atoms with E-state index in [0.717, 1.165) is 27.9 Å². The van der Waals surface area contributed by atoms with Crippen molar-refractivity contribution >= 4 is 22.9 Å². The summed E-state index contributed by atoms with van der Waals surface area (Å²) in [5.74, 6) is 0. The van der Waals surface area contributed by atoms with Crippen LogP contribution in [0.1, 0.15) is 11.3 Å². The summed E-state index contributed by atoms with van der Waals surface area (Å²) in [6.45, 7) is 3.09. The first-order chi connectivity index (χ1) is 8.13. The van der Waals surface area contributed by atoms with Crippen molar-refractivity contribution in [3.8, 4) is 10.6 Å². The third-order valence-corrected chi connectivity index (χ3v) is 4.08. The minimum Gasteiger partial charge on any atom is -0.319 e. The van der Waals surface area contributed by atoms with Gasteiger partial charge in [-0.3, -0.25) is 4.68 Å². The van der Waals surface area contributed by atoms with Crippen LogP contribution in [0, 0.1) is 6.92 Å². The van der Waals surface area contributed by atoms with Gasteiger partial charge in [0, 0.05) is 25.7 Å². The molecule has 2 rings (SSSR count). The standard InChI is InChI=1S/C12H16ClN3S/c1-8-9(6-7-14-2)16(3)15-12(8)10-4-5-11(13)17-10/h4-5,14H,6-7H2,1-3H3. The van der Waals surface area contributed by atoms with Crippen molar-refractivity contribution in [1.29, 1.82) is 0 Å². The lowest BCUT2D eigenvalue weighted by molar-refractivity contribution is 0.680. The molecule has 5 heteroatoms. The summed E-state index contributed by atoms with van der Waals surface area (Å²) in [7, 11) is 3.96. The van der Waals surface area contributed by atoms with E-state index in [2.05, 4.69) is 17.3 Å². The van der Waals surface area contributed by atoms with Crippen LogP contribution in [-0.4, -0.2) is 23.4 Å². The lowest BCUT2D eigenvalue weighted by Crippen LogP contribution is -2.13. The van der Waals surface area contributed by atoms with Crippen molar-refractivity contribution in [2.24, 2.45) is 7.05 Å². The highest BCUT2D eigenvalue weighted by Gasteiger charge is 2.14. The zero-order chi connectivity index (χ0) is 12.4. The molecule has 0 saturated heterocycles. The number of rotatable bonds is 4. The molecule has 0 atom stereocenters. The van der Waals surface area contributed by atoms with E-state index >= 15 is 0 Å². The van der Waals surface area contributed by atoms with Crippen LogP contribution in [-0.2, 0) is 13.5 Å². The second kappa shape index (κ2) is 5.21. The van der Waals surface area contributed by atoms with Crippen LogP contribution >= 0.6 is 22.9 Å². The Hall–Kier alpha value is -0.840. The summed E-state index contributed by atoms with van der Waals surface area (Å²) in [5.41, 5.74) is 3.58. The predicted molar refractivity (Wildman–Crippen MR) is 73.9 cm³/mol. The lowest BCUT2D eigenvalue weighted by atomic mass is 10.1. The molecule has 0 aliphatic carbocycles. The van der Waals surface area contributed by atoms with Gasteiger partial charge in [0.1, 0.15) is 5.69 Å². The van der Waals surface area contributed by atoms with Gasteiger partial charge in [-0.1, -0.05) is 11.6 Å². The minimum absolute atomic E-state index is 0.807. The second-order valence-corrected chi connectivity index (χ2v) is 5.72. The topological polar surface area (TPSA) is 29.9 Å². The van der Waals surface area contributed by atoms with Crippen LogP contribution in [0.4, 0.5) is 0 Å². The van der Waals surface area contributed by atoms with Gasteiger partial charge in [0.25, 0.3) is 0 Å². The van der Waals surface area contributed by atoms with Crippen molar-refractivity contribution in [2.45, 2.75) is 13.3 Å². The highest BCUT2D eigenvalue weighted by Crippen LogP contribution is 2.33. The quantitative estimate of drug-likeness (QED) is 0.925. The smallest absolute Gasteiger partial charge is 0.105 e. The van der Waals surface area contributed by atoms with E-state index in [-0.39, 0.29) is 0 Å². The van der Waals surface area contributed by atoms with Gasteiger partial charge in [-0.2, -0.15) is 5.10 Å².